The van der Waals surface area contributed by atoms with Crippen LogP contribution in [-0.4, -0.2) is 49.4 Å². The molecule has 2 aliphatic rings. The van der Waals surface area contributed by atoms with Crippen LogP contribution in [0, 0.1) is 0 Å². The molecule has 5 heteroatoms. The van der Waals surface area contributed by atoms with Gasteiger partial charge in [0.05, 0.1) is 13.2 Å². The van der Waals surface area contributed by atoms with Crippen molar-refractivity contribution in [2.24, 2.45) is 0 Å². The van der Waals surface area contributed by atoms with Gasteiger partial charge in [-0.3, -0.25) is 0 Å². The number of carbonyl (C=O) groups excluding carboxylic acids is 1. The summed E-state index contributed by atoms with van der Waals surface area (Å²) in [7, 11) is 0. The molecule has 0 saturated carbocycles. The number of rotatable bonds is 4. The van der Waals surface area contributed by atoms with Gasteiger partial charge in [-0.05, 0) is 32.8 Å². The monoisotopic (exact) mass is 318 g/mol. The largest absolute Gasteiger partial charge is 0.493 e. The minimum absolute atomic E-state index is 0.183. The maximum Gasteiger partial charge on any atom is 0.409 e. The lowest BCUT2D eigenvalue weighted by Crippen LogP contribution is -2.48. The average Bonchev–Trinajstić information content (AvgIpc) is 3.00. The van der Waals surface area contributed by atoms with Crippen LogP contribution in [0.1, 0.15) is 38.2 Å². The lowest BCUT2D eigenvalue weighted by Gasteiger charge is -2.34. The number of nitrogens with one attached hydrogen (secondary N) is 1. The molecule has 0 bridgehead atoms. The molecule has 3 rings (SSSR count). The SMILES string of the molecule is CCOC(=O)N1CCC(N[C@@H](C)[C@H]2COc3ccccc32)CC1. The summed E-state index contributed by atoms with van der Waals surface area (Å²) in [5.74, 6) is 1.41. The summed E-state index contributed by atoms with van der Waals surface area (Å²) < 4.78 is 10.9. The Morgan fingerprint density at radius 3 is 2.87 bits per heavy atom. The number of ether oxygens (including phenoxy) is 2. The summed E-state index contributed by atoms with van der Waals surface area (Å²) >= 11 is 0. The molecule has 0 aromatic heterocycles. The van der Waals surface area contributed by atoms with E-state index in [0.29, 0.717) is 24.6 Å². The van der Waals surface area contributed by atoms with Gasteiger partial charge in [0.25, 0.3) is 0 Å². The highest BCUT2D eigenvalue weighted by Crippen LogP contribution is 2.35. The summed E-state index contributed by atoms with van der Waals surface area (Å²) in [5.41, 5.74) is 1.30. The fourth-order valence-corrected chi connectivity index (χ4v) is 3.53. The Balaban J connectivity index is 1.50. The molecule has 5 nitrogen and oxygen atoms in total. The van der Waals surface area contributed by atoms with Crippen molar-refractivity contribution in [1.82, 2.24) is 10.2 Å². The van der Waals surface area contributed by atoms with Crippen molar-refractivity contribution < 1.29 is 14.3 Å². The van der Waals surface area contributed by atoms with Crippen molar-refractivity contribution in [3.8, 4) is 5.75 Å². The van der Waals surface area contributed by atoms with E-state index in [1.807, 2.05) is 19.1 Å². The van der Waals surface area contributed by atoms with Gasteiger partial charge in [0.1, 0.15) is 5.75 Å². The lowest BCUT2D eigenvalue weighted by atomic mass is 9.93. The second-order valence-electron chi connectivity index (χ2n) is 6.37. The minimum atomic E-state index is -0.183. The first-order valence-electron chi connectivity index (χ1n) is 8.58. The van der Waals surface area contributed by atoms with Crippen LogP contribution in [0.25, 0.3) is 0 Å². The number of nitrogens with zero attached hydrogens (tertiary/aromatic N) is 1. The molecule has 2 aliphatic heterocycles. The maximum atomic E-state index is 11.7. The molecule has 126 valence electrons. The van der Waals surface area contributed by atoms with Crippen LogP contribution in [0.5, 0.6) is 5.75 Å². The van der Waals surface area contributed by atoms with Crippen LogP contribution >= 0.6 is 0 Å². The number of fused-ring (bicyclic) bond motifs is 1. The van der Waals surface area contributed by atoms with Crippen LogP contribution < -0.4 is 10.1 Å². The maximum absolute atomic E-state index is 11.7. The van der Waals surface area contributed by atoms with Gasteiger partial charge in [0.15, 0.2) is 0 Å². The summed E-state index contributed by atoms with van der Waals surface area (Å²) in [6.07, 6.45) is 1.76. The summed E-state index contributed by atoms with van der Waals surface area (Å²) in [6, 6.07) is 9.10. The Hall–Kier alpha value is -1.75. The number of hydrogen-bond donors (Lipinski definition) is 1. The van der Waals surface area contributed by atoms with Crippen LogP contribution in [0.4, 0.5) is 4.79 Å². The van der Waals surface area contributed by atoms with E-state index in [-0.39, 0.29) is 6.09 Å². The van der Waals surface area contributed by atoms with Gasteiger partial charge in [0.2, 0.25) is 0 Å². The molecular weight excluding hydrogens is 292 g/mol. The van der Waals surface area contributed by atoms with Gasteiger partial charge in [-0.15, -0.1) is 0 Å². The summed E-state index contributed by atoms with van der Waals surface area (Å²) in [6.45, 7) is 6.79. The van der Waals surface area contributed by atoms with Crippen molar-refractivity contribution in [3.63, 3.8) is 0 Å². The van der Waals surface area contributed by atoms with Gasteiger partial charge in [-0.1, -0.05) is 18.2 Å². The average molecular weight is 318 g/mol. The van der Waals surface area contributed by atoms with Gasteiger partial charge in [-0.2, -0.15) is 0 Å². The lowest BCUT2D eigenvalue weighted by molar-refractivity contribution is 0.0939. The molecule has 0 spiro atoms. The Labute approximate surface area is 137 Å². The number of amides is 1. The Kier molecular flexibility index (Phi) is 5.06. The predicted molar refractivity (Wildman–Crippen MR) is 88.9 cm³/mol. The van der Waals surface area contributed by atoms with E-state index in [1.165, 1.54) is 5.56 Å². The van der Waals surface area contributed by atoms with E-state index in [2.05, 4.69) is 24.4 Å². The Bertz CT molecular complexity index is 541. The first-order valence-corrected chi connectivity index (χ1v) is 8.58. The first kappa shape index (κ1) is 16.1. The van der Waals surface area contributed by atoms with Crippen molar-refractivity contribution in [3.05, 3.63) is 29.8 Å². The molecule has 0 radical (unpaired) electrons. The normalized spacial score (nSPS) is 22.3. The predicted octanol–water partition coefficient (Wildman–Crippen LogP) is 2.76. The zero-order valence-corrected chi connectivity index (χ0v) is 14.0. The Morgan fingerprint density at radius 2 is 2.13 bits per heavy atom. The van der Waals surface area contributed by atoms with Gasteiger partial charge < -0.3 is 19.7 Å². The van der Waals surface area contributed by atoms with Crippen molar-refractivity contribution in [2.75, 3.05) is 26.3 Å². The van der Waals surface area contributed by atoms with Crippen LogP contribution in [0.15, 0.2) is 24.3 Å². The summed E-state index contributed by atoms with van der Waals surface area (Å²) in [4.78, 5) is 13.5. The van der Waals surface area contributed by atoms with Gasteiger partial charge in [0, 0.05) is 36.7 Å². The van der Waals surface area contributed by atoms with Crippen LogP contribution in [-0.2, 0) is 4.74 Å². The highest BCUT2D eigenvalue weighted by atomic mass is 16.6. The molecule has 2 heterocycles. The first-order chi connectivity index (χ1) is 11.2. The molecule has 1 amide bonds. The number of likely N-dealkylation sites (tertiary alicyclic amines) is 1. The molecule has 0 unspecified atom stereocenters. The second-order valence-corrected chi connectivity index (χ2v) is 6.37. The third-order valence-corrected chi connectivity index (χ3v) is 4.86. The molecule has 23 heavy (non-hydrogen) atoms. The van der Waals surface area contributed by atoms with E-state index in [0.717, 1.165) is 38.3 Å². The standard InChI is InChI=1S/C18H26N2O3/c1-3-22-18(21)20-10-8-14(9-11-20)19-13(2)16-12-23-17-7-5-4-6-15(16)17/h4-7,13-14,16,19H,3,8-12H2,1-2H3/t13-,16+/m0/s1. The highest BCUT2D eigenvalue weighted by Gasteiger charge is 2.31. The van der Waals surface area contributed by atoms with E-state index < -0.39 is 0 Å². The topological polar surface area (TPSA) is 50.8 Å². The molecule has 1 fully saturated rings. The number of carbonyl (C=O) groups is 1. The Morgan fingerprint density at radius 1 is 1.39 bits per heavy atom. The third-order valence-electron chi connectivity index (χ3n) is 4.86. The number of benzene rings is 1. The smallest absolute Gasteiger partial charge is 0.409 e. The van der Waals surface area contributed by atoms with Crippen molar-refractivity contribution in [1.29, 1.82) is 0 Å². The molecule has 1 N–H and O–H groups in total. The fraction of sp³-hybridized carbons (Fsp3) is 0.611. The van der Waals surface area contributed by atoms with Crippen molar-refractivity contribution in [2.45, 2.75) is 44.7 Å². The quantitative estimate of drug-likeness (QED) is 0.927. The number of piperidine rings is 1. The minimum Gasteiger partial charge on any atom is -0.493 e. The number of hydrogen-bond acceptors (Lipinski definition) is 4. The van der Waals surface area contributed by atoms with E-state index in [1.54, 1.807) is 4.90 Å². The van der Waals surface area contributed by atoms with E-state index in [9.17, 15) is 4.79 Å². The molecular formula is C18H26N2O3. The number of para-hydroxylation sites is 1. The van der Waals surface area contributed by atoms with E-state index >= 15 is 0 Å². The van der Waals surface area contributed by atoms with Crippen LogP contribution in [0.2, 0.25) is 0 Å². The molecule has 0 aliphatic carbocycles. The third kappa shape index (κ3) is 3.61. The van der Waals surface area contributed by atoms with Crippen LogP contribution in [0.3, 0.4) is 0 Å². The molecule has 1 saturated heterocycles. The molecule has 2 atom stereocenters. The van der Waals surface area contributed by atoms with Gasteiger partial charge >= 0.3 is 6.09 Å². The van der Waals surface area contributed by atoms with Gasteiger partial charge in [-0.25, -0.2) is 4.79 Å². The zero-order valence-electron chi connectivity index (χ0n) is 14.0. The zero-order chi connectivity index (χ0) is 16.2. The second kappa shape index (κ2) is 7.21. The molecule has 1 aromatic rings. The highest BCUT2D eigenvalue weighted by molar-refractivity contribution is 5.67. The summed E-state index contributed by atoms with van der Waals surface area (Å²) in [5, 5.41) is 3.73. The van der Waals surface area contributed by atoms with Crippen molar-refractivity contribution >= 4 is 6.09 Å². The molecule has 1 aromatic carbocycles. The van der Waals surface area contributed by atoms with E-state index in [4.69, 9.17) is 9.47 Å². The fourth-order valence-electron chi connectivity index (χ4n) is 3.53.